The average Bonchev–Trinajstić information content (AvgIpc) is 3.31. The highest BCUT2D eigenvalue weighted by Crippen LogP contribution is 2.76. The summed E-state index contributed by atoms with van der Waals surface area (Å²) in [5, 5.41) is 118. The van der Waals surface area contributed by atoms with Crippen molar-refractivity contribution >= 4 is 11.9 Å². The Morgan fingerprint density at radius 1 is 0.623 bits per heavy atom. The summed E-state index contributed by atoms with van der Waals surface area (Å²) in [5.74, 6) is -1.06. The normalized spacial score (nSPS) is 52.8. The van der Waals surface area contributed by atoms with Crippen molar-refractivity contribution in [1.82, 2.24) is 0 Å². The number of aliphatic hydroxyl groups is 10. The van der Waals surface area contributed by atoms with Crippen molar-refractivity contribution in [2.75, 3.05) is 26.9 Å². The van der Waals surface area contributed by atoms with Crippen molar-refractivity contribution in [3.8, 4) is 0 Å². The lowest BCUT2D eigenvalue weighted by Crippen LogP contribution is -2.67. The molecule has 394 valence electrons. The predicted octanol–water partition coefficient (Wildman–Crippen LogP) is -0.141. The van der Waals surface area contributed by atoms with Crippen LogP contribution in [0.5, 0.6) is 0 Å². The van der Waals surface area contributed by atoms with Crippen LogP contribution in [-0.4, -0.2) is 193 Å². The molecule has 0 unspecified atom stereocenters. The third kappa shape index (κ3) is 8.26. The number of ether oxygens (including phenoxy) is 7. The minimum absolute atomic E-state index is 0.116. The van der Waals surface area contributed by atoms with Crippen molar-refractivity contribution in [3.05, 3.63) is 11.6 Å². The highest BCUT2D eigenvalue weighted by Gasteiger charge is 2.70. The van der Waals surface area contributed by atoms with Gasteiger partial charge in [0, 0.05) is 0 Å². The van der Waals surface area contributed by atoms with Crippen LogP contribution >= 0.6 is 0 Å². The Morgan fingerprint density at radius 3 is 1.80 bits per heavy atom. The summed E-state index contributed by atoms with van der Waals surface area (Å²) >= 11 is 0. The first-order valence-corrected chi connectivity index (χ1v) is 24.9. The van der Waals surface area contributed by atoms with E-state index in [2.05, 4.69) is 40.7 Å². The molecule has 3 heterocycles. The number of fused-ring (bicyclic) bond motifs is 7. The number of aliphatic hydroxyl groups excluding tert-OH is 10. The highest BCUT2D eigenvalue weighted by atomic mass is 16.8. The topological polar surface area (TPSA) is 321 Å². The Morgan fingerprint density at radius 2 is 1.19 bits per heavy atom. The molecule has 4 saturated carbocycles. The summed E-state index contributed by atoms with van der Waals surface area (Å²) in [5.41, 5.74) is -1.79. The van der Waals surface area contributed by atoms with E-state index in [1.54, 1.807) is 0 Å². The Hall–Kier alpha value is -1.96. The van der Waals surface area contributed by atoms with E-state index in [1.165, 1.54) is 12.7 Å². The fraction of sp³-hybridized carbons (Fsp3) is 0.918. The monoisotopic (exact) mass is 987 g/mol. The molecule has 11 N–H and O–H groups in total. The number of carbonyl (C=O) groups excluding carboxylic acids is 1. The molecule has 7 fully saturated rings. The van der Waals surface area contributed by atoms with Gasteiger partial charge in [-0.3, -0.25) is 9.59 Å². The molecule has 8 rings (SSSR count). The van der Waals surface area contributed by atoms with Gasteiger partial charge in [0.1, 0.15) is 73.2 Å². The van der Waals surface area contributed by atoms with E-state index < -0.39 is 140 Å². The number of carboxylic acids is 1. The zero-order valence-corrected chi connectivity index (χ0v) is 40.8. The molecular weight excluding hydrogens is 909 g/mol. The molecule has 69 heavy (non-hydrogen) atoms. The van der Waals surface area contributed by atoms with Gasteiger partial charge < -0.3 is 89.3 Å². The number of methoxy groups -OCH3 is 1. The molecule has 0 bridgehead atoms. The van der Waals surface area contributed by atoms with Crippen LogP contribution < -0.4 is 0 Å². The number of allylic oxidation sites excluding steroid dienone is 2. The first kappa shape index (κ1) is 53.3. The number of aliphatic carboxylic acids is 1. The predicted molar refractivity (Wildman–Crippen MR) is 237 cm³/mol. The van der Waals surface area contributed by atoms with E-state index in [9.17, 15) is 65.8 Å². The van der Waals surface area contributed by atoms with Crippen LogP contribution in [0.4, 0.5) is 0 Å². The number of carboxylic acid groups (broad SMARTS) is 1. The molecule has 20 nitrogen and oxygen atoms in total. The fourth-order valence-corrected chi connectivity index (χ4v) is 15.4. The smallest absolute Gasteiger partial charge is 0.311 e. The van der Waals surface area contributed by atoms with Crippen LogP contribution in [-0.2, 0) is 42.7 Å². The molecule has 0 aromatic heterocycles. The lowest BCUT2D eigenvalue weighted by atomic mass is 9.33. The van der Waals surface area contributed by atoms with Crippen molar-refractivity contribution in [2.24, 2.45) is 50.2 Å². The lowest BCUT2D eigenvalue weighted by Gasteiger charge is -2.71. The van der Waals surface area contributed by atoms with E-state index in [4.69, 9.17) is 33.2 Å². The van der Waals surface area contributed by atoms with Crippen LogP contribution in [0.3, 0.4) is 0 Å². The van der Waals surface area contributed by atoms with Crippen LogP contribution in [0.15, 0.2) is 11.6 Å². The number of carbonyl (C=O) groups is 2. The van der Waals surface area contributed by atoms with Gasteiger partial charge >= 0.3 is 11.9 Å². The van der Waals surface area contributed by atoms with Gasteiger partial charge in [-0.1, -0.05) is 46.3 Å². The molecule has 3 saturated heterocycles. The average molecular weight is 987 g/mol. The summed E-state index contributed by atoms with van der Waals surface area (Å²) in [6.45, 7) is 10.9. The number of hydrogen-bond acceptors (Lipinski definition) is 19. The van der Waals surface area contributed by atoms with Crippen molar-refractivity contribution in [3.63, 3.8) is 0 Å². The molecule has 8 aliphatic rings. The largest absolute Gasteiger partial charge is 0.481 e. The maximum absolute atomic E-state index is 13.3. The maximum atomic E-state index is 13.3. The number of esters is 1. The van der Waals surface area contributed by atoms with Crippen LogP contribution in [0.2, 0.25) is 0 Å². The zero-order chi connectivity index (χ0) is 50.6. The summed E-state index contributed by atoms with van der Waals surface area (Å²) in [6.07, 6.45) is -17.4. The van der Waals surface area contributed by atoms with Crippen molar-refractivity contribution in [2.45, 2.75) is 204 Å². The first-order valence-electron chi connectivity index (χ1n) is 24.9. The standard InChI is InChI=1S/C49H78O20/c1-44(2)27-10-13-48(6)28(9-8-22-23-18-45(3,43(62)63-7)14-16-49(23,42(60)61)17-15-47(22,48)5)46(27,4)12-11-29(44)67-40-36(59)37(32(55)26(21-52)65-40)68-41-38(34(57)31(54)25(20-51)66-41)69-39-35(58)33(56)30(53)24(19-50)64-39/h8,23-41,50-59H,9-21H2,1-7H3,(H,60,61)/t23-,24+,25+,26+,27-,28+,29-,30-,31-,32+,33-,34-,35+,36+,37-,38+,39+,40-,41-,45-,46-,47+,48+,49-/m0/s1. The fourth-order valence-electron chi connectivity index (χ4n) is 15.4. The van der Waals surface area contributed by atoms with Gasteiger partial charge in [0.2, 0.25) is 0 Å². The van der Waals surface area contributed by atoms with Crippen LogP contribution in [0, 0.1) is 50.2 Å². The Bertz CT molecular complexity index is 1920. The van der Waals surface area contributed by atoms with Crippen LogP contribution in [0.1, 0.15) is 106 Å². The Kier molecular flexibility index (Phi) is 14.7. The van der Waals surface area contributed by atoms with Crippen molar-refractivity contribution in [1.29, 1.82) is 0 Å². The molecule has 0 amide bonds. The lowest BCUT2D eigenvalue weighted by molar-refractivity contribution is -0.392. The second kappa shape index (κ2) is 19.1. The van der Waals surface area contributed by atoms with Gasteiger partial charge in [0.25, 0.3) is 0 Å². The SMILES string of the molecule is COC(=O)[C@@]1(C)CC[C@]2(C(=O)O)CC[C@]3(C)C(=CC[C@@H]4[C@@]5(C)CC[C@H](O[C@@H]6O[C@H](CO)[C@@H](O)[C@H](O[C@@H]7O[C@H](CO)[C@H](O)[C@H](O)[C@H]7O[C@H]7O[C@H](CO)[C@H](O)[C@H](O)[C@H]7O)[C@H]6O)C(C)(C)[C@@H]5CC[C@]43C)[C@@H]2C1. The quantitative estimate of drug-likeness (QED) is 0.0729. The van der Waals surface area contributed by atoms with Gasteiger partial charge in [-0.05, 0) is 111 Å². The minimum Gasteiger partial charge on any atom is -0.481 e. The van der Waals surface area contributed by atoms with Crippen LogP contribution in [0.25, 0.3) is 0 Å². The Balaban J connectivity index is 1.02. The third-order valence-electron chi connectivity index (χ3n) is 19.8. The molecular formula is C49H78O20. The molecule has 3 aliphatic heterocycles. The van der Waals surface area contributed by atoms with Gasteiger partial charge in [-0.25, -0.2) is 0 Å². The highest BCUT2D eigenvalue weighted by molar-refractivity contribution is 5.80. The minimum atomic E-state index is -1.93. The van der Waals surface area contributed by atoms with E-state index in [0.717, 1.165) is 32.1 Å². The molecule has 20 heteroatoms. The van der Waals surface area contributed by atoms with Crippen molar-refractivity contribution < 1.29 is 98.9 Å². The van der Waals surface area contributed by atoms with E-state index in [-0.39, 0.29) is 40.0 Å². The first-order chi connectivity index (χ1) is 32.3. The Labute approximate surface area is 402 Å². The van der Waals surface area contributed by atoms with Gasteiger partial charge in [-0.2, -0.15) is 0 Å². The van der Waals surface area contributed by atoms with E-state index >= 15 is 0 Å². The van der Waals surface area contributed by atoms with Gasteiger partial charge in [0.15, 0.2) is 18.9 Å². The molecule has 0 aromatic rings. The summed E-state index contributed by atoms with van der Waals surface area (Å²) in [4.78, 5) is 26.4. The van der Waals surface area contributed by atoms with E-state index in [0.29, 0.717) is 32.1 Å². The summed E-state index contributed by atoms with van der Waals surface area (Å²) < 4.78 is 41.3. The molecule has 0 radical (unpaired) electrons. The number of hydrogen-bond donors (Lipinski definition) is 11. The summed E-state index contributed by atoms with van der Waals surface area (Å²) in [7, 11) is 1.39. The molecule has 0 spiro atoms. The second-order valence-electron chi connectivity index (χ2n) is 23.4. The maximum Gasteiger partial charge on any atom is 0.311 e. The molecule has 24 atom stereocenters. The van der Waals surface area contributed by atoms with Gasteiger partial charge in [-0.15, -0.1) is 0 Å². The second-order valence-corrected chi connectivity index (χ2v) is 23.4. The van der Waals surface area contributed by atoms with E-state index in [1.807, 2.05) is 6.92 Å². The number of rotatable bonds is 11. The zero-order valence-electron chi connectivity index (χ0n) is 40.8. The van der Waals surface area contributed by atoms with Gasteiger partial charge in [0.05, 0.1) is 43.9 Å². The molecule has 5 aliphatic carbocycles. The third-order valence-corrected chi connectivity index (χ3v) is 19.8. The molecule has 0 aromatic carbocycles. The summed E-state index contributed by atoms with van der Waals surface area (Å²) in [6, 6.07) is 0.